The lowest BCUT2D eigenvalue weighted by Gasteiger charge is -2.11. The third-order valence-corrected chi connectivity index (χ3v) is 6.05. The van der Waals surface area contributed by atoms with Crippen molar-refractivity contribution in [3.05, 3.63) is 81.7 Å². The maximum absolute atomic E-state index is 12.4. The van der Waals surface area contributed by atoms with Gasteiger partial charge in [-0.1, -0.05) is 41.6 Å². The predicted octanol–water partition coefficient (Wildman–Crippen LogP) is 3.14. The number of hydrogen-bond acceptors (Lipinski definition) is 6. The maximum Gasteiger partial charge on any atom is 0.258 e. The molecule has 0 radical (unpaired) electrons. The lowest BCUT2D eigenvalue weighted by atomic mass is 10.1. The topological polar surface area (TPSA) is 106 Å². The molecule has 0 spiro atoms. The number of carbonyl (C=O) groups is 1. The summed E-state index contributed by atoms with van der Waals surface area (Å²) in [6.07, 6.45) is 0. The molecule has 0 saturated heterocycles. The SMILES string of the molecule is Cc1cccc(C(=O)NCc2nnc(SC(C)c3nc4ccccc4c(=O)[nH]3)n2C)c1. The van der Waals surface area contributed by atoms with E-state index in [9.17, 15) is 9.59 Å². The first-order valence-corrected chi connectivity index (χ1v) is 10.7. The smallest absolute Gasteiger partial charge is 0.258 e. The van der Waals surface area contributed by atoms with E-state index in [0.717, 1.165) is 5.56 Å². The average molecular weight is 435 g/mol. The first kappa shape index (κ1) is 20.8. The molecule has 0 aliphatic carbocycles. The molecule has 1 atom stereocenters. The Morgan fingerprint density at radius 3 is 2.81 bits per heavy atom. The Morgan fingerprint density at radius 2 is 2.00 bits per heavy atom. The van der Waals surface area contributed by atoms with Crippen molar-refractivity contribution in [2.45, 2.75) is 30.8 Å². The van der Waals surface area contributed by atoms with Crippen LogP contribution < -0.4 is 10.9 Å². The van der Waals surface area contributed by atoms with Crippen LogP contribution in [0, 0.1) is 6.92 Å². The number of benzene rings is 2. The zero-order valence-electron chi connectivity index (χ0n) is 17.4. The largest absolute Gasteiger partial charge is 0.345 e. The molecule has 158 valence electrons. The van der Waals surface area contributed by atoms with E-state index in [0.29, 0.717) is 33.3 Å². The summed E-state index contributed by atoms with van der Waals surface area (Å²) in [5, 5.41) is 12.4. The number of H-pyrrole nitrogens is 1. The molecule has 4 rings (SSSR count). The lowest BCUT2D eigenvalue weighted by molar-refractivity contribution is 0.0949. The number of fused-ring (bicyclic) bond motifs is 1. The molecule has 0 saturated carbocycles. The van der Waals surface area contributed by atoms with Gasteiger partial charge in [0.25, 0.3) is 11.5 Å². The summed E-state index contributed by atoms with van der Waals surface area (Å²) in [6, 6.07) is 14.7. The molecule has 8 nitrogen and oxygen atoms in total. The van der Waals surface area contributed by atoms with Crippen molar-refractivity contribution >= 4 is 28.6 Å². The highest BCUT2D eigenvalue weighted by Gasteiger charge is 2.17. The molecule has 0 aliphatic rings. The fourth-order valence-electron chi connectivity index (χ4n) is 3.16. The summed E-state index contributed by atoms with van der Waals surface area (Å²) < 4.78 is 1.83. The minimum absolute atomic E-state index is 0.144. The van der Waals surface area contributed by atoms with Gasteiger partial charge in [0, 0.05) is 12.6 Å². The Balaban J connectivity index is 1.46. The van der Waals surface area contributed by atoms with Gasteiger partial charge in [0.05, 0.1) is 22.7 Å². The molecule has 1 amide bonds. The number of aromatic nitrogens is 5. The van der Waals surface area contributed by atoms with Crippen molar-refractivity contribution in [2.24, 2.45) is 7.05 Å². The van der Waals surface area contributed by atoms with Crippen LogP contribution in [0.1, 0.15) is 39.7 Å². The first-order valence-electron chi connectivity index (χ1n) is 9.81. The van der Waals surface area contributed by atoms with Crippen LogP contribution in [0.15, 0.2) is 58.5 Å². The Hall–Kier alpha value is -3.46. The highest BCUT2D eigenvalue weighted by Crippen LogP contribution is 2.31. The second kappa shape index (κ2) is 8.73. The fourth-order valence-corrected chi connectivity index (χ4v) is 4.05. The van der Waals surface area contributed by atoms with Gasteiger partial charge in [-0.05, 0) is 38.1 Å². The van der Waals surface area contributed by atoms with Gasteiger partial charge in [-0.3, -0.25) is 9.59 Å². The van der Waals surface area contributed by atoms with Gasteiger partial charge in [0.2, 0.25) is 0 Å². The number of amides is 1. The van der Waals surface area contributed by atoms with Gasteiger partial charge in [0.1, 0.15) is 5.82 Å². The summed E-state index contributed by atoms with van der Waals surface area (Å²) in [5.74, 6) is 1.05. The van der Waals surface area contributed by atoms with Crippen molar-refractivity contribution in [2.75, 3.05) is 0 Å². The summed E-state index contributed by atoms with van der Waals surface area (Å²) in [7, 11) is 1.85. The Kier molecular flexibility index (Phi) is 5.85. The van der Waals surface area contributed by atoms with Crippen molar-refractivity contribution in [1.82, 2.24) is 30.0 Å². The van der Waals surface area contributed by atoms with E-state index in [-0.39, 0.29) is 23.3 Å². The summed E-state index contributed by atoms with van der Waals surface area (Å²) >= 11 is 1.44. The quantitative estimate of drug-likeness (QED) is 0.452. The third kappa shape index (κ3) is 4.51. The Bertz CT molecular complexity index is 1310. The number of aromatic amines is 1. The summed E-state index contributed by atoms with van der Waals surface area (Å²) in [5.41, 5.74) is 2.13. The van der Waals surface area contributed by atoms with Crippen molar-refractivity contribution in [3.8, 4) is 0 Å². The van der Waals surface area contributed by atoms with Gasteiger partial charge in [0.15, 0.2) is 11.0 Å². The average Bonchev–Trinajstić information content (AvgIpc) is 3.11. The van der Waals surface area contributed by atoms with Crippen molar-refractivity contribution in [3.63, 3.8) is 0 Å². The van der Waals surface area contributed by atoms with E-state index >= 15 is 0 Å². The second-order valence-electron chi connectivity index (χ2n) is 7.24. The minimum atomic E-state index is -0.162. The van der Waals surface area contributed by atoms with Crippen LogP contribution in [0.2, 0.25) is 0 Å². The summed E-state index contributed by atoms with van der Waals surface area (Å²) in [4.78, 5) is 32.1. The van der Waals surface area contributed by atoms with Crippen LogP contribution in [0.5, 0.6) is 0 Å². The van der Waals surface area contributed by atoms with Gasteiger partial charge >= 0.3 is 0 Å². The molecule has 0 fully saturated rings. The molecule has 31 heavy (non-hydrogen) atoms. The van der Waals surface area contributed by atoms with E-state index in [4.69, 9.17) is 0 Å². The zero-order valence-corrected chi connectivity index (χ0v) is 18.2. The molecule has 2 N–H and O–H groups in total. The monoisotopic (exact) mass is 434 g/mol. The molecule has 0 bridgehead atoms. The van der Waals surface area contributed by atoms with E-state index < -0.39 is 0 Å². The fraction of sp³-hybridized carbons (Fsp3) is 0.227. The molecule has 2 aromatic carbocycles. The minimum Gasteiger partial charge on any atom is -0.345 e. The van der Waals surface area contributed by atoms with Crippen molar-refractivity contribution in [1.29, 1.82) is 0 Å². The molecule has 1 unspecified atom stereocenters. The van der Waals surface area contributed by atoms with Gasteiger partial charge in [-0.2, -0.15) is 0 Å². The predicted molar refractivity (Wildman–Crippen MR) is 120 cm³/mol. The van der Waals surface area contributed by atoms with E-state index in [1.807, 2.05) is 61.9 Å². The van der Waals surface area contributed by atoms with Crippen LogP contribution in [0.3, 0.4) is 0 Å². The second-order valence-corrected chi connectivity index (χ2v) is 8.55. The van der Waals surface area contributed by atoms with E-state index in [1.54, 1.807) is 12.1 Å². The Labute approximate surface area is 183 Å². The number of rotatable bonds is 6. The zero-order chi connectivity index (χ0) is 22.0. The molecular weight excluding hydrogens is 412 g/mol. The molecule has 9 heteroatoms. The van der Waals surface area contributed by atoms with Crippen LogP contribution >= 0.6 is 11.8 Å². The summed E-state index contributed by atoms with van der Waals surface area (Å²) in [6.45, 7) is 4.16. The number of aryl methyl sites for hydroxylation is 1. The Morgan fingerprint density at radius 1 is 1.19 bits per heavy atom. The number of nitrogens with one attached hydrogen (secondary N) is 2. The van der Waals surface area contributed by atoms with Crippen LogP contribution in [-0.2, 0) is 13.6 Å². The molecule has 2 aromatic heterocycles. The van der Waals surface area contributed by atoms with E-state index in [1.165, 1.54) is 11.8 Å². The third-order valence-electron chi connectivity index (χ3n) is 4.91. The molecular formula is C22H22N6O2S. The molecule has 2 heterocycles. The standard InChI is InChI=1S/C22H22N6O2S/c1-13-7-6-8-15(11-13)20(29)23-12-18-26-27-22(28(18)3)31-14(2)19-24-17-10-5-4-9-16(17)21(30)25-19/h4-11,14H,12H2,1-3H3,(H,23,29)(H,24,25,30). The van der Waals surface area contributed by atoms with E-state index in [2.05, 4.69) is 25.5 Å². The number of para-hydroxylation sites is 1. The number of thioether (sulfide) groups is 1. The number of nitrogens with zero attached hydrogens (tertiary/aromatic N) is 4. The van der Waals surface area contributed by atoms with Crippen LogP contribution in [0.25, 0.3) is 10.9 Å². The normalized spacial score (nSPS) is 12.1. The highest BCUT2D eigenvalue weighted by molar-refractivity contribution is 7.99. The van der Waals surface area contributed by atoms with Crippen molar-refractivity contribution < 1.29 is 4.79 Å². The highest BCUT2D eigenvalue weighted by atomic mass is 32.2. The lowest BCUT2D eigenvalue weighted by Crippen LogP contribution is -2.24. The van der Waals surface area contributed by atoms with Crippen LogP contribution in [0.4, 0.5) is 0 Å². The number of carbonyl (C=O) groups excluding carboxylic acids is 1. The van der Waals surface area contributed by atoms with Gasteiger partial charge in [-0.15, -0.1) is 10.2 Å². The first-order chi connectivity index (χ1) is 14.9. The maximum atomic E-state index is 12.4. The molecule has 4 aromatic rings. The van der Waals surface area contributed by atoms with Crippen LogP contribution in [-0.4, -0.2) is 30.6 Å². The number of hydrogen-bond donors (Lipinski definition) is 2. The van der Waals surface area contributed by atoms with Gasteiger partial charge in [-0.25, -0.2) is 4.98 Å². The van der Waals surface area contributed by atoms with Gasteiger partial charge < -0.3 is 14.9 Å². The molecule has 0 aliphatic heterocycles.